The topological polar surface area (TPSA) is 84.7 Å². The van der Waals surface area contributed by atoms with Gasteiger partial charge in [-0.15, -0.1) is 0 Å². The number of piperidine rings is 1. The Balaban J connectivity index is 1.43. The minimum Gasteiger partial charge on any atom is -0.484 e. The van der Waals surface area contributed by atoms with Crippen LogP contribution in [0, 0.1) is 12.8 Å². The van der Waals surface area contributed by atoms with E-state index in [0.717, 1.165) is 0 Å². The van der Waals surface area contributed by atoms with Gasteiger partial charge in [0.25, 0.3) is 5.91 Å². The summed E-state index contributed by atoms with van der Waals surface area (Å²) in [4.78, 5) is 26.2. The lowest BCUT2D eigenvalue weighted by Gasteiger charge is -2.31. The molecule has 2 amide bonds. The van der Waals surface area contributed by atoms with Gasteiger partial charge in [0.15, 0.2) is 12.4 Å². The highest BCUT2D eigenvalue weighted by Crippen LogP contribution is 2.20. The average molecular weight is 343 g/mol. The molecule has 7 nitrogen and oxygen atoms in total. The van der Waals surface area contributed by atoms with Crippen molar-refractivity contribution >= 4 is 17.6 Å². The van der Waals surface area contributed by atoms with Gasteiger partial charge in [-0.2, -0.15) is 0 Å². The molecule has 1 aliphatic rings. The number of hydrogen-bond acceptors (Lipinski definition) is 5. The number of aryl methyl sites for hydroxylation is 1. The molecule has 0 aliphatic carbocycles. The minimum absolute atomic E-state index is 0.0130. The third-order valence-corrected chi connectivity index (χ3v) is 4.20. The van der Waals surface area contributed by atoms with Gasteiger partial charge in [-0.3, -0.25) is 9.59 Å². The first-order valence-corrected chi connectivity index (χ1v) is 8.31. The van der Waals surface area contributed by atoms with E-state index < -0.39 is 0 Å². The van der Waals surface area contributed by atoms with Crippen molar-refractivity contribution < 1.29 is 18.8 Å². The van der Waals surface area contributed by atoms with E-state index in [1.807, 2.05) is 30.3 Å². The van der Waals surface area contributed by atoms with Crippen LogP contribution in [0.5, 0.6) is 5.75 Å². The van der Waals surface area contributed by atoms with Gasteiger partial charge in [-0.1, -0.05) is 23.4 Å². The number of carbonyl (C=O) groups is 2. The Hall–Kier alpha value is -2.83. The van der Waals surface area contributed by atoms with Crippen LogP contribution in [0.15, 0.2) is 40.9 Å². The van der Waals surface area contributed by atoms with Gasteiger partial charge in [-0.05, 0) is 31.9 Å². The molecule has 0 radical (unpaired) electrons. The third kappa shape index (κ3) is 4.59. The molecule has 1 fully saturated rings. The molecular weight excluding hydrogens is 322 g/mol. The number of ether oxygens (including phenoxy) is 1. The molecule has 0 unspecified atom stereocenters. The highest BCUT2D eigenvalue weighted by Gasteiger charge is 2.27. The molecular formula is C18H21N3O4. The second-order valence-electron chi connectivity index (χ2n) is 6.07. The van der Waals surface area contributed by atoms with Gasteiger partial charge in [-0.25, -0.2) is 0 Å². The van der Waals surface area contributed by atoms with E-state index in [1.165, 1.54) is 0 Å². The van der Waals surface area contributed by atoms with Gasteiger partial charge >= 0.3 is 0 Å². The maximum atomic E-state index is 12.2. The van der Waals surface area contributed by atoms with Crippen molar-refractivity contribution in [3.8, 4) is 5.75 Å². The van der Waals surface area contributed by atoms with Crippen LogP contribution >= 0.6 is 0 Å². The molecule has 7 heteroatoms. The average Bonchev–Trinajstić information content (AvgIpc) is 3.05. The molecule has 2 aromatic rings. The van der Waals surface area contributed by atoms with Crippen LogP contribution in [0.2, 0.25) is 0 Å². The number of benzene rings is 1. The summed E-state index contributed by atoms with van der Waals surface area (Å²) in [5, 5.41) is 6.51. The first kappa shape index (κ1) is 17.0. The number of likely N-dealkylation sites (tertiary alicyclic amines) is 1. The van der Waals surface area contributed by atoms with Crippen molar-refractivity contribution in [2.75, 3.05) is 25.0 Å². The molecule has 0 saturated carbocycles. The van der Waals surface area contributed by atoms with E-state index >= 15 is 0 Å². The predicted octanol–water partition coefficient (Wildman–Crippen LogP) is 2.24. The number of anilines is 1. The Morgan fingerprint density at radius 3 is 2.64 bits per heavy atom. The number of para-hydroxylation sites is 1. The molecule has 1 aliphatic heterocycles. The fourth-order valence-corrected chi connectivity index (χ4v) is 2.80. The zero-order chi connectivity index (χ0) is 17.6. The fourth-order valence-electron chi connectivity index (χ4n) is 2.80. The van der Waals surface area contributed by atoms with Crippen LogP contribution in [0.25, 0.3) is 0 Å². The van der Waals surface area contributed by atoms with Crippen molar-refractivity contribution in [3.63, 3.8) is 0 Å². The van der Waals surface area contributed by atoms with Crippen molar-refractivity contribution in [2.24, 2.45) is 5.92 Å². The van der Waals surface area contributed by atoms with Crippen molar-refractivity contribution in [1.82, 2.24) is 10.1 Å². The lowest BCUT2D eigenvalue weighted by molar-refractivity contribution is -0.136. The summed E-state index contributed by atoms with van der Waals surface area (Å²) in [5.41, 5.74) is 0. The molecule has 0 spiro atoms. The van der Waals surface area contributed by atoms with Gasteiger partial charge in [0.2, 0.25) is 5.91 Å². The lowest BCUT2D eigenvalue weighted by Crippen LogP contribution is -2.43. The summed E-state index contributed by atoms with van der Waals surface area (Å²) in [6.07, 6.45) is 1.25. The molecule has 1 saturated heterocycles. The molecule has 3 rings (SSSR count). The van der Waals surface area contributed by atoms with E-state index in [4.69, 9.17) is 9.26 Å². The highest BCUT2D eigenvalue weighted by atomic mass is 16.5. The first-order chi connectivity index (χ1) is 12.1. The Labute approximate surface area is 145 Å². The molecule has 2 heterocycles. The SMILES string of the molecule is Cc1cc(NC(=O)C2CCN(C(=O)COc3ccccc3)CC2)no1. The fraction of sp³-hybridized carbons (Fsp3) is 0.389. The Kier molecular flexibility index (Phi) is 5.33. The number of amides is 2. The van der Waals surface area contributed by atoms with Crippen LogP contribution in [-0.4, -0.2) is 41.6 Å². The number of rotatable bonds is 5. The summed E-state index contributed by atoms with van der Waals surface area (Å²) in [6, 6.07) is 10.9. The van der Waals surface area contributed by atoms with Crippen molar-refractivity contribution in [2.45, 2.75) is 19.8 Å². The molecule has 0 atom stereocenters. The maximum absolute atomic E-state index is 12.2. The molecule has 132 valence electrons. The molecule has 1 aromatic carbocycles. The third-order valence-electron chi connectivity index (χ3n) is 4.20. The summed E-state index contributed by atoms with van der Waals surface area (Å²) < 4.78 is 10.4. The Morgan fingerprint density at radius 2 is 2.00 bits per heavy atom. The van der Waals surface area contributed by atoms with Crippen molar-refractivity contribution in [3.05, 3.63) is 42.2 Å². The molecule has 1 aromatic heterocycles. The lowest BCUT2D eigenvalue weighted by atomic mass is 9.96. The quantitative estimate of drug-likeness (QED) is 0.900. The highest BCUT2D eigenvalue weighted by molar-refractivity contribution is 5.91. The number of aromatic nitrogens is 1. The number of nitrogens with one attached hydrogen (secondary N) is 1. The number of carbonyl (C=O) groups excluding carboxylic acids is 2. The van der Waals surface area contributed by atoms with Gasteiger partial charge in [0.1, 0.15) is 11.5 Å². The van der Waals surface area contributed by atoms with Crippen LogP contribution in [0.1, 0.15) is 18.6 Å². The van der Waals surface area contributed by atoms with E-state index in [0.29, 0.717) is 43.3 Å². The summed E-state index contributed by atoms with van der Waals surface area (Å²) in [6.45, 7) is 2.88. The zero-order valence-electron chi connectivity index (χ0n) is 14.1. The molecule has 1 N–H and O–H groups in total. The number of hydrogen-bond donors (Lipinski definition) is 1. The summed E-state index contributed by atoms with van der Waals surface area (Å²) >= 11 is 0. The van der Waals surface area contributed by atoms with E-state index in [2.05, 4.69) is 10.5 Å². The second kappa shape index (κ2) is 7.83. The molecule has 25 heavy (non-hydrogen) atoms. The summed E-state index contributed by atoms with van der Waals surface area (Å²) in [5.74, 6) is 1.48. The van der Waals surface area contributed by atoms with Crippen molar-refractivity contribution in [1.29, 1.82) is 0 Å². The van der Waals surface area contributed by atoms with Crippen LogP contribution in [-0.2, 0) is 9.59 Å². The maximum Gasteiger partial charge on any atom is 0.260 e. The first-order valence-electron chi connectivity index (χ1n) is 8.31. The van der Waals surface area contributed by atoms with E-state index in [1.54, 1.807) is 17.9 Å². The monoisotopic (exact) mass is 343 g/mol. The molecule has 0 bridgehead atoms. The largest absolute Gasteiger partial charge is 0.484 e. The standard InChI is InChI=1S/C18H21N3O4/c1-13-11-16(20-25-13)19-18(23)14-7-9-21(10-8-14)17(22)12-24-15-5-3-2-4-6-15/h2-6,11,14H,7-10,12H2,1H3,(H,19,20,23). The van der Waals surface area contributed by atoms with Crippen LogP contribution < -0.4 is 10.1 Å². The predicted molar refractivity (Wildman–Crippen MR) is 91.1 cm³/mol. The number of nitrogens with zero attached hydrogens (tertiary/aromatic N) is 2. The normalized spacial score (nSPS) is 15.0. The van der Waals surface area contributed by atoms with Crippen LogP contribution in [0.4, 0.5) is 5.82 Å². The smallest absolute Gasteiger partial charge is 0.260 e. The van der Waals surface area contributed by atoms with Gasteiger partial charge in [0, 0.05) is 25.1 Å². The van der Waals surface area contributed by atoms with E-state index in [-0.39, 0.29) is 24.3 Å². The van der Waals surface area contributed by atoms with Gasteiger partial charge < -0.3 is 19.5 Å². The zero-order valence-corrected chi connectivity index (χ0v) is 14.1. The van der Waals surface area contributed by atoms with E-state index in [9.17, 15) is 9.59 Å². The Bertz CT molecular complexity index is 721. The minimum atomic E-state index is -0.129. The van der Waals surface area contributed by atoms with Gasteiger partial charge in [0.05, 0.1) is 0 Å². The van der Waals surface area contributed by atoms with Crippen LogP contribution in [0.3, 0.4) is 0 Å². The Morgan fingerprint density at radius 1 is 1.28 bits per heavy atom. The summed E-state index contributed by atoms with van der Waals surface area (Å²) in [7, 11) is 0. The second-order valence-corrected chi connectivity index (χ2v) is 6.07.